The molecule has 0 fully saturated rings. The van der Waals surface area contributed by atoms with Crippen LogP contribution < -0.4 is 15.8 Å². The maximum atomic E-state index is 12.2. The van der Waals surface area contributed by atoms with Gasteiger partial charge in [-0.05, 0) is 24.6 Å². The van der Waals surface area contributed by atoms with Gasteiger partial charge in [0.1, 0.15) is 5.75 Å². The summed E-state index contributed by atoms with van der Waals surface area (Å²) in [4.78, 5) is 12.2. The fourth-order valence-corrected chi connectivity index (χ4v) is 2.08. The third kappa shape index (κ3) is 2.86. The van der Waals surface area contributed by atoms with Crippen molar-refractivity contribution >= 4 is 28.9 Å². The molecule has 0 saturated heterocycles. The van der Waals surface area contributed by atoms with Crippen molar-refractivity contribution in [2.45, 2.75) is 6.92 Å². The predicted octanol–water partition coefficient (Wildman–Crippen LogP) is 3.49. The summed E-state index contributed by atoms with van der Waals surface area (Å²) in [5.41, 5.74) is 8.12. The van der Waals surface area contributed by atoms with Crippen molar-refractivity contribution in [2.75, 3.05) is 18.2 Å². The first-order chi connectivity index (χ1) is 9.52. The third-order valence-corrected chi connectivity index (χ3v) is 3.27. The zero-order chi connectivity index (χ0) is 14.7. The van der Waals surface area contributed by atoms with E-state index in [2.05, 4.69) is 5.32 Å². The maximum absolute atomic E-state index is 12.2. The molecule has 0 aliphatic carbocycles. The van der Waals surface area contributed by atoms with Crippen LogP contribution >= 0.6 is 11.6 Å². The lowest BCUT2D eigenvalue weighted by Crippen LogP contribution is -2.13. The molecule has 3 N–H and O–H groups in total. The number of nitrogens with one attached hydrogen (secondary N) is 1. The lowest BCUT2D eigenvalue weighted by atomic mass is 10.1. The van der Waals surface area contributed by atoms with Crippen molar-refractivity contribution in [1.29, 1.82) is 0 Å². The van der Waals surface area contributed by atoms with Crippen LogP contribution in [-0.2, 0) is 0 Å². The zero-order valence-corrected chi connectivity index (χ0v) is 12.0. The van der Waals surface area contributed by atoms with Crippen molar-refractivity contribution in [3.05, 3.63) is 52.5 Å². The highest BCUT2D eigenvalue weighted by molar-refractivity contribution is 6.34. The fourth-order valence-electron chi connectivity index (χ4n) is 1.86. The van der Waals surface area contributed by atoms with Crippen LogP contribution in [-0.4, -0.2) is 13.0 Å². The number of anilines is 2. The maximum Gasteiger partial charge on any atom is 0.255 e. The topological polar surface area (TPSA) is 64.3 Å². The van der Waals surface area contributed by atoms with E-state index in [0.717, 1.165) is 5.56 Å². The Labute approximate surface area is 122 Å². The van der Waals surface area contributed by atoms with Crippen LogP contribution in [0.2, 0.25) is 5.02 Å². The highest BCUT2D eigenvalue weighted by atomic mass is 35.5. The summed E-state index contributed by atoms with van der Waals surface area (Å²) in [6.07, 6.45) is 0. The molecular weight excluding hydrogens is 276 g/mol. The summed E-state index contributed by atoms with van der Waals surface area (Å²) >= 11 is 6.08. The monoisotopic (exact) mass is 290 g/mol. The molecule has 2 rings (SSSR count). The van der Waals surface area contributed by atoms with E-state index in [0.29, 0.717) is 27.7 Å². The van der Waals surface area contributed by atoms with Crippen LogP contribution in [0, 0.1) is 6.92 Å². The Morgan fingerprint density at radius 2 is 2.00 bits per heavy atom. The Kier molecular flexibility index (Phi) is 4.15. The smallest absolute Gasteiger partial charge is 0.255 e. The molecule has 2 aromatic rings. The minimum absolute atomic E-state index is 0.225. The van der Waals surface area contributed by atoms with E-state index in [4.69, 9.17) is 22.1 Å². The number of carbonyl (C=O) groups excluding carboxylic acids is 1. The van der Waals surface area contributed by atoms with Gasteiger partial charge in [0.05, 0.1) is 23.5 Å². The molecule has 20 heavy (non-hydrogen) atoms. The standard InChI is InChI=1S/C15H15ClN2O2/c1-9-5-3-4-6-10(9)15(19)18-13-8-14(20-2)12(17)7-11(13)16/h3-8H,17H2,1-2H3,(H,18,19). The number of rotatable bonds is 3. The van der Waals surface area contributed by atoms with Crippen molar-refractivity contribution in [3.63, 3.8) is 0 Å². The molecular formula is C15H15ClN2O2. The lowest BCUT2D eigenvalue weighted by molar-refractivity contribution is 0.102. The summed E-state index contributed by atoms with van der Waals surface area (Å²) in [5.74, 6) is 0.242. The minimum atomic E-state index is -0.225. The Bertz CT molecular complexity index is 656. The van der Waals surface area contributed by atoms with E-state index >= 15 is 0 Å². The first-order valence-corrected chi connectivity index (χ1v) is 6.40. The number of hydrogen-bond donors (Lipinski definition) is 2. The van der Waals surface area contributed by atoms with Crippen LogP contribution in [0.4, 0.5) is 11.4 Å². The molecule has 2 aromatic carbocycles. The molecule has 5 heteroatoms. The largest absolute Gasteiger partial charge is 0.495 e. The van der Waals surface area contributed by atoms with Crippen LogP contribution in [0.1, 0.15) is 15.9 Å². The molecule has 0 aromatic heterocycles. The second kappa shape index (κ2) is 5.84. The van der Waals surface area contributed by atoms with E-state index < -0.39 is 0 Å². The van der Waals surface area contributed by atoms with Gasteiger partial charge in [-0.25, -0.2) is 0 Å². The van der Waals surface area contributed by atoms with Crippen LogP contribution in [0.3, 0.4) is 0 Å². The highest BCUT2D eigenvalue weighted by Crippen LogP contribution is 2.32. The van der Waals surface area contributed by atoms with Gasteiger partial charge >= 0.3 is 0 Å². The van der Waals surface area contributed by atoms with Crippen LogP contribution in [0.15, 0.2) is 36.4 Å². The molecule has 0 saturated carbocycles. The zero-order valence-electron chi connectivity index (χ0n) is 11.2. The molecule has 0 atom stereocenters. The summed E-state index contributed by atoms with van der Waals surface area (Å²) < 4.78 is 5.12. The Morgan fingerprint density at radius 1 is 1.30 bits per heavy atom. The number of hydrogen-bond acceptors (Lipinski definition) is 3. The minimum Gasteiger partial charge on any atom is -0.495 e. The molecule has 0 bridgehead atoms. The lowest BCUT2D eigenvalue weighted by Gasteiger charge is -2.12. The van der Waals surface area contributed by atoms with Crippen molar-refractivity contribution < 1.29 is 9.53 Å². The molecule has 0 unspecified atom stereocenters. The molecule has 0 spiro atoms. The Morgan fingerprint density at radius 3 is 2.65 bits per heavy atom. The van der Waals surface area contributed by atoms with E-state index in [9.17, 15) is 4.79 Å². The molecule has 1 amide bonds. The van der Waals surface area contributed by atoms with Gasteiger partial charge in [0.2, 0.25) is 0 Å². The average Bonchev–Trinajstić information content (AvgIpc) is 2.42. The van der Waals surface area contributed by atoms with Gasteiger partial charge in [0.15, 0.2) is 0 Å². The fraction of sp³-hybridized carbons (Fsp3) is 0.133. The number of benzene rings is 2. The molecule has 0 radical (unpaired) electrons. The number of ether oxygens (including phenoxy) is 1. The third-order valence-electron chi connectivity index (χ3n) is 2.96. The quantitative estimate of drug-likeness (QED) is 0.851. The predicted molar refractivity (Wildman–Crippen MR) is 81.5 cm³/mol. The van der Waals surface area contributed by atoms with E-state index in [1.54, 1.807) is 18.2 Å². The second-order valence-electron chi connectivity index (χ2n) is 4.34. The number of halogens is 1. The van der Waals surface area contributed by atoms with Crippen LogP contribution in [0.25, 0.3) is 0 Å². The molecule has 0 aliphatic heterocycles. The van der Waals surface area contributed by atoms with Crippen LogP contribution in [0.5, 0.6) is 5.75 Å². The number of nitrogen functional groups attached to an aromatic ring is 1. The van der Waals surface area contributed by atoms with Crippen molar-refractivity contribution in [2.24, 2.45) is 0 Å². The number of carbonyl (C=O) groups is 1. The van der Waals surface area contributed by atoms with Gasteiger partial charge in [0.25, 0.3) is 5.91 Å². The first-order valence-electron chi connectivity index (χ1n) is 6.03. The Hall–Kier alpha value is -2.20. The second-order valence-corrected chi connectivity index (χ2v) is 4.75. The molecule has 0 aliphatic rings. The molecule has 4 nitrogen and oxygen atoms in total. The molecule has 0 heterocycles. The summed E-state index contributed by atoms with van der Waals surface area (Å²) in [7, 11) is 1.51. The first kappa shape index (κ1) is 14.2. The van der Waals surface area contributed by atoms with E-state index in [1.165, 1.54) is 7.11 Å². The number of aryl methyl sites for hydroxylation is 1. The summed E-state index contributed by atoms with van der Waals surface area (Å²) in [6.45, 7) is 1.88. The van der Waals surface area contributed by atoms with E-state index in [-0.39, 0.29) is 5.91 Å². The highest BCUT2D eigenvalue weighted by Gasteiger charge is 2.12. The summed E-state index contributed by atoms with van der Waals surface area (Å²) in [5, 5.41) is 3.13. The van der Waals surface area contributed by atoms with Gasteiger partial charge in [-0.1, -0.05) is 29.8 Å². The number of amides is 1. The van der Waals surface area contributed by atoms with Gasteiger partial charge in [-0.15, -0.1) is 0 Å². The summed E-state index contributed by atoms with van der Waals surface area (Å²) in [6, 6.07) is 10.5. The molecule has 104 valence electrons. The normalized spacial score (nSPS) is 10.2. The number of nitrogens with two attached hydrogens (primary N) is 1. The van der Waals surface area contributed by atoms with Crippen molar-refractivity contribution in [1.82, 2.24) is 0 Å². The van der Waals surface area contributed by atoms with E-state index in [1.807, 2.05) is 25.1 Å². The Balaban J connectivity index is 2.31. The van der Waals surface area contributed by atoms with Crippen molar-refractivity contribution in [3.8, 4) is 5.75 Å². The van der Waals surface area contributed by atoms with Gasteiger partial charge in [0, 0.05) is 11.6 Å². The van der Waals surface area contributed by atoms with Gasteiger partial charge in [-0.2, -0.15) is 0 Å². The SMILES string of the molecule is COc1cc(NC(=O)c2ccccc2C)c(Cl)cc1N. The van der Waals surface area contributed by atoms with Gasteiger partial charge in [-0.3, -0.25) is 4.79 Å². The van der Waals surface area contributed by atoms with Gasteiger partial charge < -0.3 is 15.8 Å². The number of methoxy groups -OCH3 is 1. The average molecular weight is 291 g/mol.